The van der Waals surface area contributed by atoms with Crippen molar-refractivity contribution in [2.45, 2.75) is 32.0 Å². The summed E-state index contributed by atoms with van der Waals surface area (Å²) < 4.78 is 7.83. The molecule has 130 valence electrons. The van der Waals surface area contributed by atoms with Crippen LogP contribution in [0.1, 0.15) is 31.1 Å². The van der Waals surface area contributed by atoms with E-state index in [0.717, 1.165) is 42.6 Å². The summed E-state index contributed by atoms with van der Waals surface area (Å²) in [5, 5.41) is 4.37. The van der Waals surface area contributed by atoms with Crippen molar-refractivity contribution in [1.82, 2.24) is 19.5 Å². The molecule has 2 aromatic heterocycles. The van der Waals surface area contributed by atoms with E-state index in [1.807, 2.05) is 16.7 Å². The van der Waals surface area contributed by atoms with E-state index < -0.39 is 0 Å². The first kappa shape index (κ1) is 16.6. The van der Waals surface area contributed by atoms with E-state index in [4.69, 9.17) is 27.9 Å². The number of hydrogen-bond acceptors (Lipinski definition) is 5. The third-order valence-corrected chi connectivity index (χ3v) is 5.01. The standard InChI is InChI=1S/C17H17Cl2N5O/c18-12-5-4-11(7-13(12)19)8-20-16-15-17(22-9-21-16)24(10-23-15)14-3-1-2-6-25-14/h4-5,7,9-10,14H,1-3,6,8H2,(H,20,21,22)/t14-/m0/s1. The molecule has 1 atom stereocenters. The number of aromatic nitrogens is 4. The number of imidazole rings is 1. The first-order valence-electron chi connectivity index (χ1n) is 8.19. The molecule has 1 aliphatic rings. The zero-order valence-corrected chi connectivity index (χ0v) is 15.0. The lowest BCUT2D eigenvalue weighted by atomic mass is 10.2. The number of hydrogen-bond donors (Lipinski definition) is 1. The Labute approximate surface area is 155 Å². The first-order chi connectivity index (χ1) is 12.2. The third kappa shape index (κ3) is 3.42. The monoisotopic (exact) mass is 377 g/mol. The van der Waals surface area contributed by atoms with Gasteiger partial charge in [0.05, 0.1) is 16.4 Å². The quantitative estimate of drug-likeness (QED) is 0.727. The predicted molar refractivity (Wildman–Crippen MR) is 98.0 cm³/mol. The Bertz CT molecular complexity index is 892. The van der Waals surface area contributed by atoms with Gasteiger partial charge in [0.25, 0.3) is 0 Å². The van der Waals surface area contributed by atoms with Crippen LogP contribution < -0.4 is 5.32 Å². The molecule has 0 aliphatic carbocycles. The number of benzene rings is 1. The van der Waals surface area contributed by atoms with Gasteiger partial charge in [-0.2, -0.15) is 0 Å². The van der Waals surface area contributed by atoms with Crippen LogP contribution in [-0.2, 0) is 11.3 Å². The van der Waals surface area contributed by atoms with Crippen molar-refractivity contribution in [3.05, 3.63) is 46.5 Å². The lowest BCUT2D eigenvalue weighted by molar-refractivity contribution is -0.0298. The number of rotatable bonds is 4. The zero-order chi connectivity index (χ0) is 17.2. The van der Waals surface area contributed by atoms with Crippen LogP contribution in [0.2, 0.25) is 10.0 Å². The number of ether oxygens (including phenoxy) is 1. The zero-order valence-electron chi connectivity index (χ0n) is 13.5. The Balaban J connectivity index is 1.57. The van der Waals surface area contributed by atoms with Gasteiger partial charge in [-0.1, -0.05) is 29.3 Å². The average Bonchev–Trinajstić information content (AvgIpc) is 3.08. The fourth-order valence-electron chi connectivity index (χ4n) is 2.97. The van der Waals surface area contributed by atoms with E-state index in [-0.39, 0.29) is 6.23 Å². The third-order valence-electron chi connectivity index (χ3n) is 4.27. The van der Waals surface area contributed by atoms with Crippen molar-refractivity contribution in [2.75, 3.05) is 11.9 Å². The van der Waals surface area contributed by atoms with Crippen molar-refractivity contribution >= 4 is 40.2 Å². The Morgan fingerprint density at radius 2 is 2.08 bits per heavy atom. The molecule has 6 nitrogen and oxygen atoms in total. The molecule has 8 heteroatoms. The summed E-state index contributed by atoms with van der Waals surface area (Å²) in [5.41, 5.74) is 2.52. The summed E-state index contributed by atoms with van der Waals surface area (Å²) in [6.07, 6.45) is 6.55. The van der Waals surface area contributed by atoms with Crippen LogP contribution in [0.4, 0.5) is 5.82 Å². The van der Waals surface area contributed by atoms with Gasteiger partial charge in [-0.05, 0) is 37.0 Å². The molecule has 0 amide bonds. The lowest BCUT2D eigenvalue weighted by Gasteiger charge is -2.23. The van der Waals surface area contributed by atoms with E-state index in [1.165, 1.54) is 0 Å². The van der Waals surface area contributed by atoms with Gasteiger partial charge in [-0.15, -0.1) is 0 Å². The van der Waals surface area contributed by atoms with Crippen molar-refractivity contribution in [2.24, 2.45) is 0 Å². The molecule has 1 N–H and O–H groups in total. The summed E-state index contributed by atoms with van der Waals surface area (Å²) in [6, 6.07) is 5.55. The summed E-state index contributed by atoms with van der Waals surface area (Å²) in [7, 11) is 0. The normalized spacial score (nSPS) is 17.8. The molecule has 1 aliphatic heterocycles. The summed E-state index contributed by atoms with van der Waals surface area (Å²) >= 11 is 12.0. The van der Waals surface area contributed by atoms with Gasteiger partial charge >= 0.3 is 0 Å². The molecule has 3 aromatic rings. The summed E-state index contributed by atoms with van der Waals surface area (Å²) in [5.74, 6) is 0.686. The second kappa shape index (κ2) is 7.15. The molecule has 0 bridgehead atoms. The van der Waals surface area contributed by atoms with Crippen LogP contribution in [0.5, 0.6) is 0 Å². The van der Waals surface area contributed by atoms with Gasteiger partial charge in [-0.25, -0.2) is 15.0 Å². The van der Waals surface area contributed by atoms with Crippen molar-refractivity contribution in [3.63, 3.8) is 0 Å². The summed E-state index contributed by atoms with van der Waals surface area (Å²) in [4.78, 5) is 13.2. The van der Waals surface area contributed by atoms with E-state index in [0.29, 0.717) is 22.4 Å². The van der Waals surface area contributed by atoms with Gasteiger partial charge in [0.15, 0.2) is 17.0 Å². The maximum atomic E-state index is 6.07. The van der Waals surface area contributed by atoms with E-state index in [1.54, 1.807) is 18.7 Å². The summed E-state index contributed by atoms with van der Waals surface area (Å²) in [6.45, 7) is 1.34. The molecule has 0 radical (unpaired) electrons. The highest BCUT2D eigenvalue weighted by Crippen LogP contribution is 2.28. The minimum Gasteiger partial charge on any atom is -0.364 e. The maximum Gasteiger partial charge on any atom is 0.167 e. The minimum atomic E-state index is -0.00317. The second-order valence-corrected chi connectivity index (χ2v) is 6.78. The average molecular weight is 378 g/mol. The smallest absolute Gasteiger partial charge is 0.167 e. The molecule has 0 spiro atoms. The van der Waals surface area contributed by atoms with Gasteiger partial charge in [0.2, 0.25) is 0 Å². The molecule has 0 saturated carbocycles. The Morgan fingerprint density at radius 1 is 1.16 bits per heavy atom. The Morgan fingerprint density at radius 3 is 2.88 bits per heavy atom. The van der Waals surface area contributed by atoms with Crippen molar-refractivity contribution in [1.29, 1.82) is 0 Å². The number of anilines is 1. The number of halogens is 2. The highest BCUT2D eigenvalue weighted by atomic mass is 35.5. The number of nitrogens with zero attached hydrogens (tertiary/aromatic N) is 4. The van der Waals surface area contributed by atoms with Crippen LogP contribution in [0.25, 0.3) is 11.2 Å². The van der Waals surface area contributed by atoms with E-state index in [2.05, 4.69) is 20.3 Å². The fraction of sp³-hybridized carbons (Fsp3) is 0.353. The van der Waals surface area contributed by atoms with Crippen LogP contribution in [-0.4, -0.2) is 26.1 Å². The van der Waals surface area contributed by atoms with Crippen LogP contribution in [0.15, 0.2) is 30.9 Å². The number of fused-ring (bicyclic) bond motifs is 1. The molecule has 3 heterocycles. The number of nitrogens with one attached hydrogen (secondary N) is 1. The van der Waals surface area contributed by atoms with Crippen molar-refractivity contribution < 1.29 is 4.74 Å². The van der Waals surface area contributed by atoms with Crippen LogP contribution in [0.3, 0.4) is 0 Å². The molecule has 1 fully saturated rings. The highest BCUT2D eigenvalue weighted by molar-refractivity contribution is 6.42. The molecule has 25 heavy (non-hydrogen) atoms. The Hall–Kier alpha value is -1.89. The molecule has 4 rings (SSSR count). The largest absolute Gasteiger partial charge is 0.364 e. The lowest BCUT2D eigenvalue weighted by Crippen LogP contribution is -2.17. The highest BCUT2D eigenvalue weighted by Gasteiger charge is 2.20. The molecule has 0 unspecified atom stereocenters. The van der Waals surface area contributed by atoms with Gasteiger partial charge < -0.3 is 10.1 Å². The maximum absolute atomic E-state index is 6.07. The Kier molecular flexibility index (Phi) is 4.74. The fourth-order valence-corrected chi connectivity index (χ4v) is 3.29. The van der Waals surface area contributed by atoms with E-state index >= 15 is 0 Å². The topological polar surface area (TPSA) is 64.9 Å². The van der Waals surface area contributed by atoms with Gasteiger partial charge in [0, 0.05) is 13.2 Å². The molecular weight excluding hydrogens is 361 g/mol. The van der Waals surface area contributed by atoms with Gasteiger partial charge in [-0.3, -0.25) is 4.57 Å². The van der Waals surface area contributed by atoms with Crippen molar-refractivity contribution in [3.8, 4) is 0 Å². The molecule has 1 aromatic carbocycles. The molecule has 1 saturated heterocycles. The minimum absolute atomic E-state index is 0.00317. The van der Waals surface area contributed by atoms with Crippen LogP contribution in [0, 0.1) is 0 Å². The van der Waals surface area contributed by atoms with Crippen LogP contribution >= 0.6 is 23.2 Å². The molecular formula is C17H17Cl2N5O. The first-order valence-corrected chi connectivity index (χ1v) is 8.95. The SMILES string of the molecule is Clc1ccc(CNc2ncnc3c2ncn3[C@@H]2CCCCO2)cc1Cl. The van der Waals surface area contributed by atoms with E-state index in [9.17, 15) is 0 Å². The predicted octanol–water partition coefficient (Wildman–Crippen LogP) is 4.44. The second-order valence-electron chi connectivity index (χ2n) is 5.97. The van der Waals surface area contributed by atoms with Gasteiger partial charge in [0.1, 0.15) is 12.6 Å².